The zero-order valence-electron chi connectivity index (χ0n) is 11.7. The number of benzene rings is 2. The summed E-state index contributed by atoms with van der Waals surface area (Å²) < 4.78 is 4.74. The maximum atomic E-state index is 11.7. The van der Waals surface area contributed by atoms with Crippen LogP contribution in [0, 0.1) is 0 Å². The highest BCUT2D eigenvalue weighted by molar-refractivity contribution is 5.92. The molecule has 0 aromatic heterocycles. The Labute approximate surface area is 122 Å². The largest absolute Gasteiger partial charge is 0.465 e. The number of ether oxygens (including phenoxy) is 1. The topological polar surface area (TPSA) is 66.8 Å². The Balaban J connectivity index is 2.28. The van der Waals surface area contributed by atoms with Gasteiger partial charge >= 0.3 is 5.97 Å². The van der Waals surface area contributed by atoms with Crippen molar-refractivity contribution in [2.24, 2.45) is 0 Å². The van der Waals surface area contributed by atoms with Crippen LogP contribution in [0.5, 0.6) is 0 Å². The third-order valence-corrected chi connectivity index (χ3v) is 4.23. The molecule has 2 aromatic rings. The fourth-order valence-electron chi connectivity index (χ4n) is 3.09. The Kier molecular flexibility index (Phi) is 3.27. The van der Waals surface area contributed by atoms with Gasteiger partial charge in [0.05, 0.1) is 31.3 Å². The minimum atomic E-state index is -0.879. The minimum absolute atomic E-state index is 0.224. The zero-order chi connectivity index (χ0) is 15.0. The Morgan fingerprint density at radius 2 is 1.71 bits per heavy atom. The lowest BCUT2D eigenvalue weighted by Crippen LogP contribution is -2.34. The Morgan fingerprint density at radius 3 is 2.38 bits per heavy atom. The molecule has 0 saturated heterocycles. The molecule has 0 saturated carbocycles. The van der Waals surface area contributed by atoms with Crippen molar-refractivity contribution < 1.29 is 19.7 Å². The number of methoxy groups -OCH3 is 1. The van der Waals surface area contributed by atoms with E-state index >= 15 is 0 Å². The second-order valence-electron chi connectivity index (χ2n) is 5.20. The van der Waals surface area contributed by atoms with Crippen LogP contribution >= 0.6 is 0 Å². The summed E-state index contributed by atoms with van der Waals surface area (Å²) >= 11 is 0. The first kappa shape index (κ1) is 13.8. The Hall–Kier alpha value is -2.17. The lowest BCUT2D eigenvalue weighted by molar-refractivity contribution is 0.0600. The van der Waals surface area contributed by atoms with Gasteiger partial charge < -0.3 is 14.9 Å². The molecular weight excluding hydrogens is 268 g/mol. The fraction of sp³-hybridized carbons (Fsp3) is 0.235. The van der Waals surface area contributed by atoms with Gasteiger partial charge in [0.15, 0.2) is 0 Å². The predicted molar refractivity (Wildman–Crippen MR) is 78.2 cm³/mol. The van der Waals surface area contributed by atoms with Crippen LogP contribution < -0.4 is 0 Å². The van der Waals surface area contributed by atoms with E-state index in [0.29, 0.717) is 5.56 Å². The van der Waals surface area contributed by atoms with Gasteiger partial charge in [-0.25, -0.2) is 4.79 Å². The molecular formula is C17H16O4. The summed E-state index contributed by atoms with van der Waals surface area (Å²) in [6.07, 6.45) is 0. The average Bonchev–Trinajstić information content (AvgIpc) is 2.84. The van der Waals surface area contributed by atoms with E-state index in [2.05, 4.69) is 0 Å². The van der Waals surface area contributed by atoms with E-state index in [0.717, 1.165) is 22.3 Å². The summed E-state index contributed by atoms with van der Waals surface area (Å²) in [6.45, 7) is -0.448. The smallest absolute Gasteiger partial charge is 0.337 e. The molecule has 4 heteroatoms. The lowest BCUT2D eigenvalue weighted by atomic mass is 9.79. The molecule has 3 rings (SSSR count). The van der Waals surface area contributed by atoms with Crippen molar-refractivity contribution in [1.29, 1.82) is 0 Å². The number of fused-ring (bicyclic) bond motifs is 3. The number of aliphatic hydroxyl groups excluding tert-OH is 2. The van der Waals surface area contributed by atoms with Crippen molar-refractivity contribution in [2.75, 3.05) is 20.3 Å². The van der Waals surface area contributed by atoms with Crippen LogP contribution in [0.1, 0.15) is 21.5 Å². The Morgan fingerprint density at radius 1 is 1.05 bits per heavy atom. The fourth-order valence-corrected chi connectivity index (χ4v) is 3.09. The number of hydrogen-bond acceptors (Lipinski definition) is 4. The summed E-state index contributed by atoms with van der Waals surface area (Å²) in [6, 6.07) is 12.9. The number of carbonyl (C=O) groups is 1. The summed E-state index contributed by atoms with van der Waals surface area (Å²) in [5.74, 6) is -0.432. The van der Waals surface area contributed by atoms with Crippen LogP contribution in [-0.4, -0.2) is 36.5 Å². The average molecular weight is 284 g/mol. The molecule has 1 aliphatic carbocycles. The van der Waals surface area contributed by atoms with Gasteiger partial charge in [-0.3, -0.25) is 0 Å². The van der Waals surface area contributed by atoms with Gasteiger partial charge in [0.25, 0.3) is 0 Å². The molecule has 0 fully saturated rings. The third kappa shape index (κ3) is 1.80. The third-order valence-electron chi connectivity index (χ3n) is 4.23. The van der Waals surface area contributed by atoms with Gasteiger partial charge in [0.2, 0.25) is 0 Å². The van der Waals surface area contributed by atoms with Gasteiger partial charge in [-0.05, 0) is 34.4 Å². The van der Waals surface area contributed by atoms with E-state index in [1.54, 1.807) is 12.1 Å². The minimum Gasteiger partial charge on any atom is -0.465 e. The first-order valence-corrected chi connectivity index (χ1v) is 6.72. The SMILES string of the molecule is COC(=O)c1ccc2c(c1)C(CO)(CO)c1ccccc1-2. The monoisotopic (exact) mass is 284 g/mol. The first-order chi connectivity index (χ1) is 10.2. The highest BCUT2D eigenvalue weighted by atomic mass is 16.5. The van der Waals surface area contributed by atoms with Crippen LogP contribution in [0.15, 0.2) is 42.5 Å². The molecule has 0 amide bonds. The Bertz CT molecular complexity index is 702. The van der Waals surface area contributed by atoms with Crippen molar-refractivity contribution in [3.63, 3.8) is 0 Å². The number of esters is 1. The molecule has 0 aliphatic heterocycles. The predicted octanol–water partition coefficient (Wildman–Crippen LogP) is 1.72. The molecule has 0 unspecified atom stereocenters. The molecule has 0 heterocycles. The number of carbonyl (C=O) groups excluding carboxylic acids is 1. The van der Waals surface area contributed by atoms with Crippen LogP contribution in [0.25, 0.3) is 11.1 Å². The molecule has 0 bridgehead atoms. The molecule has 4 nitrogen and oxygen atoms in total. The summed E-state index contributed by atoms with van der Waals surface area (Å²) in [4.78, 5) is 11.7. The van der Waals surface area contributed by atoms with Crippen molar-refractivity contribution >= 4 is 5.97 Å². The summed E-state index contributed by atoms with van der Waals surface area (Å²) in [5.41, 5.74) is 3.09. The van der Waals surface area contributed by atoms with Crippen LogP contribution in [-0.2, 0) is 10.2 Å². The zero-order valence-corrected chi connectivity index (χ0v) is 11.7. The van der Waals surface area contributed by atoms with Gasteiger partial charge in [0.1, 0.15) is 0 Å². The van der Waals surface area contributed by atoms with E-state index in [4.69, 9.17) is 4.74 Å². The molecule has 0 radical (unpaired) electrons. The molecule has 2 aromatic carbocycles. The number of rotatable bonds is 3. The molecule has 0 atom stereocenters. The lowest BCUT2D eigenvalue weighted by Gasteiger charge is -2.27. The van der Waals surface area contributed by atoms with Gasteiger partial charge in [0, 0.05) is 0 Å². The molecule has 21 heavy (non-hydrogen) atoms. The normalized spacial score (nSPS) is 14.4. The van der Waals surface area contributed by atoms with Crippen molar-refractivity contribution in [2.45, 2.75) is 5.41 Å². The van der Waals surface area contributed by atoms with Crippen LogP contribution in [0.2, 0.25) is 0 Å². The van der Waals surface area contributed by atoms with E-state index in [9.17, 15) is 15.0 Å². The standard InChI is InChI=1S/C17H16O4/c1-21-16(20)11-6-7-13-12-4-2-3-5-14(12)17(9-18,10-19)15(13)8-11/h2-8,18-19H,9-10H2,1H3. The van der Waals surface area contributed by atoms with Gasteiger partial charge in [-0.2, -0.15) is 0 Å². The molecule has 1 aliphatic rings. The second-order valence-corrected chi connectivity index (χ2v) is 5.20. The highest BCUT2D eigenvalue weighted by Gasteiger charge is 2.42. The molecule has 2 N–H and O–H groups in total. The van der Waals surface area contributed by atoms with E-state index in [-0.39, 0.29) is 13.2 Å². The summed E-state index contributed by atoms with van der Waals surface area (Å²) in [5, 5.41) is 19.8. The van der Waals surface area contributed by atoms with Gasteiger partial charge in [-0.1, -0.05) is 30.3 Å². The molecule has 0 spiro atoms. The van der Waals surface area contributed by atoms with Crippen LogP contribution in [0.4, 0.5) is 0 Å². The number of aliphatic hydroxyl groups is 2. The van der Waals surface area contributed by atoms with E-state index in [1.165, 1.54) is 7.11 Å². The van der Waals surface area contributed by atoms with E-state index < -0.39 is 11.4 Å². The van der Waals surface area contributed by atoms with Crippen molar-refractivity contribution in [3.8, 4) is 11.1 Å². The highest BCUT2D eigenvalue weighted by Crippen LogP contribution is 2.48. The first-order valence-electron chi connectivity index (χ1n) is 6.72. The van der Waals surface area contributed by atoms with Crippen molar-refractivity contribution in [1.82, 2.24) is 0 Å². The maximum Gasteiger partial charge on any atom is 0.337 e. The van der Waals surface area contributed by atoms with E-state index in [1.807, 2.05) is 30.3 Å². The van der Waals surface area contributed by atoms with Crippen molar-refractivity contribution in [3.05, 3.63) is 59.2 Å². The van der Waals surface area contributed by atoms with Gasteiger partial charge in [-0.15, -0.1) is 0 Å². The number of hydrogen-bond donors (Lipinski definition) is 2. The summed E-state index contributed by atoms with van der Waals surface area (Å²) in [7, 11) is 1.33. The molecule has 108 valence electrons. The second kappa shape index (κ2) is 4.98. The quantitative estimate of drug-likeness (QED) is 0.842. The van der Waals surface area contributed by atoms with Crippen LogP contribution in [0.3, 0.4) is 0 Å². The maximum absolute atomic E-state index is 11.7.